The van der Waals surface area contributed by atoms with Crippen molar-refractivity contribution in [3.05, 3.63) is 10.6 Å². The largest absolute Gasteiger partial charge is 0.465 e. The molecule has 0 aliphatic heterocycles. The van der Waals surface area contributed by atoms with Gasteiger partial charge in [-0.05, 0) is 69.8 Å². The second-order valence-electron chi connectivity index (χ2n) is 7.88. The number of rotatable bonds is 5. The minimum Gasteiger partial charge on any atom is -0.465 e. The van der Waals surface area contributed by atoms with Crippen molar-refractivity contribution >= 4 is 34.1 Å². The summed E-state index contributed by atoms with van der Waals surface area (Å²) in [6, 6.07) is 0. The van der Waals surface area contributed by atoms with Gasteiger partial charge in [0.25, 0.3) is 0 Å². The zero-order valence-corrected chi connectivity index (χ0v) is 18.4. The van der Waals surface area contributed by atoms with Crippen molar-refractivity contribution in [3.8, 4) is 0 Å². The molecule has 1 atom stereocenters. The number of hydrogen-bond donors (Lipinski definition) is 0. The summed E-state index contributed by atoms with van der Waals surface area (Å²) in [6.07, 6.45) is 0.545. The number of allylic oxidation sites excluding steroid dienone is 1. The predicted molar refractivity (Wildman–Crippen MR) is 102 cm³/mol. The Kier molecular flexibility index (Phi) is 9.34. The monoisotopic (exact) mass is 435 g/mol. The molecule has 150 valence electrons. The summed E-state index contributed by atoms with van der Waals surface area (Å²) < 4.78 is 15.5. The summed E-state index contributed by atoms with van der Waals surface area (Å²) in [5, 5.41) is 0. The lowest BCUT2D eigenvalue weighted by Crippen LogP contribution is -2.44. The maximum atomic E-state index is 12.4. The molecule has 0 rings (SSSR count). The Morgan fingerprint density at radius 3 is 1.77 bits per heavy atom. The third-order valence-corrected chi connectivity index (χ3v) is 3.44. The summed E-state index contributed by atoms with van der Waals surface area (Å²) >= 11 is 3.14. The second-order valence-corrected chi connectivity index (χ2v) is 8.74. The zero-order chi connectivity index (χ0) is 20.7. The number of carbonyl (C=O) groups is 3. The van der Waals surface area contributed by atoms with Gasteiger partial charge in [0.2, 0.25) is 0 Å². The van der Waals surface area contributed by atoms with E-state index in [0.29, 0.717) is 6.42 Å². The highest BCUT2D eigenvalue weighted by molar-refractivity contribution is 9.12. The normalized spacial score (nSPS) is 13.7. The average molecular weight is 436 g/mol. The highest BCUT2D eigenvalue weighted by Crippen LogP contribution is 2.18. The Labute approximate surface area is 164 Å². The Hall–Kier alpha value is -1.57. The SMILES string of the molecule is COC(=O)C(Br)=CC(C)CCN(C(=O)OC(C)(C)C)C(=O)OC(C)(C)C. The number of halogens is 1. The first-order valence-corrected chi connectivity index (χ1v) is 9.14. The lowest BCUT2D eigenvalue weighted by atomic mass is 10.1. The van der Waals surface area contributed by atoms with Crippen molar-refractivity contribution < 1.29 is 28.6 Å². The maximum Gasteiger partial charge on any atom is 0.419 e. The van der Waals surface area contributed by atoms with Crippen LogP contribution in [0, 0.1) is 5.92 Å². The zero-order valence-electron chi connectivity index (χ0n) is 16.8. The number of nitrogens with zero attached hydrogens (tertiary/aromatic N) is 1. The van der Waals surface area contributed by atoms with Crippen molar-refractivity contribution in [2.75, 3.05) is 13.7 Å². The van der Waals surface area contributed by atoms with Gasteiger partial charge in [-0.25, -0.2) is 19.3 Å². The van der Waals surface area contributed by atoms with Crippen LogP contribution in [0.3, 0.4) is 0 Å². The van der Waals surface area contributed by atoms with Crippen LogP contribution in [-0.4, -0.2) is 47.9 Å². The molecule has 0 bridgehead atoms. The fraction of sp³-hybridized carbons (Fsp3) is 0.722. The minimum atomic E-state index is -0.769. The number of hydrogen-bond acceptors (Lipinski definition) is 6. The number of imide groups is 1. The van der Waals surface area contributed by atoms with Gasteiger partial charge in [-0.1, -0.05) is 13.0 Å². The fourth-order valence-electron chi connectivity index (χ4n) is 1.72. The van der Waals surface area contributed by atoms with Crippen LogP contribution < -0.4 is 0 Å². The summed E-state index contributed by atoms with van der Waals surface area (Å²) in [4.78, 5) is 37.1. The standard InChI is InChI=1S/C18H30BrNO6/c1-12(11-13(19)14(21)24-8)9-10-20(15(22)25-17(2,3)4)16(23)26-18(5,6)7/h11-12H,9-10H2,1-8H3. The Bertz CT molecular complexity index is 517. The van der Waals surface area contributed by atoms with Gasteiger partial charge in [0, 0.05) is 6.54 Å². The van der Waals surface area contributed by atoms with E-state index in [0.717, 1.165) is 4.90 Å². The number of carbonyl (C=O) groups excluding carboxylic acids is 3. The van der Waals surface area contributed by atoms with E-state index in [2.05, 4.69) is 20.7 Å². The topological polar surface area (TPSA) is 82.1 Å². The molecule has 0 radical (unpaired) electrons. The number of methoxy groups -OCH3 is 1. The van der Waals surface area contributed by atoms with Gasteiger partial charge < -0.3 is 14.2 Å². The highest BCUT2D eigenvalue weighted by atomic mass is 79.9. The molecular weight excluding hydrogens is 406 g/mol. The predicted octanol–water partition coefficient (Wildman–Crippen LogP) is 4.64. The Morgan fingerprint density at radius 1 is 1.00 bits per heavy atom. The minimum absolute atomic E-state index is 0.0863. The molecule has 0 heterocycles. The summed E-state index contributed by atoms with van der Waals surface area (Å²) in [5.74, 6) is -0.594. The third kappa shape index (κ3) is 10.4. The van der Waals surface area contributed by atoms with Gasteiger partial charge in [-0.15, -0.1) is 0 Å². The molecule has 7 nitrogen and oxygen atoms in total. The molecule has 1 unspecified atom stereocenters. The van der Waals surface area contributed by atoms with E-state index >= 15 is 0 Å². The first kappa shape index (κ1) is 24.4. The summed E-state index contributed by atoms with van der Waals surface area (Å²) in [6.45, 7) is 12.3. The number of esters is 1. The van der Waals surface area contributed by atoms with Crippen LogP contribution in [-0.2, 0) is 19.0 Å². The quantitative estimate of drug-likeness (QED) is 0.355. The molecule has 0 aliphatic rings. The van der Waals surface area contributed by atoms with E-state index in [1.54, 1.807) is 47.6 Å². The Balaban J connectivity index is 5.15. The van der Waals surface area contributed by atoms with Crippen molar-refractivity contribution in [3.63, 3.8) is 0 Å². The van der Waals surface area contributed by atoms with Gasteiger partial charge in [-0.3, -0.25) is 0 Å². The summed E-state index contributed by atoms with van der Waals surface area (Å²) in [7, 11) is 1.29. The van der Waals surface area contributed by atoms with Crippen LogP contribution in [0.15, 0.2) is 10.6 Å². The molecule has 2 amide bonds. The van der Waals surface area contributed by atoms with Crippen LogP contribution in [0.1, 0.15) is 54.9 Å². The number of ether oxygens (including phenoxy) is 3. The van der Waals surface area contributed by atoms with Crippen LogP contribution in [0.4, 0.5) is 9.59 Å². The molecule has 0 aromatic rings. The summed E-state index contributed by atoms with van der Waals surface area (Å²) in [5.41, 5.74) is -1.48. The van der Waals surface area contributed by atoms with Crippen molar-refractivity contribution in [2.45, 2.75) is 66.1 Å². The highest BCUT2D eigenvalue weighted by Gasteiger charge is 2.31. The average Bonchev–Trinajstić information content (AvgIpc) is 2.42. The molecule has 26 heavy (non-hydrogen) atoms. The smallest absolute Gasteiger partial charge is 0.419 e. The van der Waals surface area contributed by atoms with Crippen LogP contribution in [0.5, 0.6) is 0 Å². The van der Waals surface area contributed by atoms with E-state index in [4.69, 9.17) is 9.47 Å². The van der Waals surface area contributed by atoms with Crippen LogP contribution in [0.25, 0.3) is 0 Å². The molecule has 8 heteroatoms. The van der Waals surface area contributed by atoms with E-state index in [-0.39, 0.29) is 16.9 Å². The third-order valence-electron chi connectivity index (χ3n) is 2.85. The van der Waals surface area contributed by atoms with E-state index < -0.39 is 29.4 Å². The lowest BCUT2D eigenvalue weighted by molar-refractivity contribution is -0.135. The van der Waals surface area contributed by atoms with Gasteiger partial charge >= 0.3 is 18.2 Å². The Morgan fingerprint density at radius 2 is 1.42 bits per heavy atom. The molecule has 0 saturated carbocycles. The second kappa shape index (κ2) is 9.94. The fourth-order valence-corrected chi connectivity index (χ4v) is 2.34. The van der Waals surface area contributed by atoms with Gasteiger partial charge in [-0.2, -0.15) is 0 Å². The molecule has 0 fully saturated rings. The van der Waals surface area contributed by atoms with E-state index in [1.165, 1.54) is 7.11 Å². The molecule has 0 aromatic heterocycles. The van der Waals surface area contributed by atoms with Crippen molar-refractivity contribution in [2.24, 2.45) is 5.92 Å². The van der Waals surface area contributed by atoms with Gasteiger partial charge in [0.15, 0.2) is 0 Å². The molecule has 0 aromatic carbocycles. The van der Waals surface area contributed by atoms with Gasteiger partial charge in [0.05, 0.1) is 11.6 Å². The molecular formula is C18H30BrNO6. The molecule has 0 aliphatic carbocycles. The molecule has 0 N–H and O–H groups in total. The first-order valence-electron chi connectivity index (χ1n) is 8.35. The maximum absolute atomic E-state index is 12.4. The van der Waals surface area contributed by atoms with Crippen LogP contribution in [0.2, 0.25) is 0 Å². The van der Waals surface area contributed by atoms with Crippen molar-refractivity contribution in [1.82, 2.24) is 4.90 Å². The molecule has 0 spiro atoms. The van der Waals surface area contributed by atoms with Crippen LogP contribution >= 0.6 is 15.9 Å². The van der Waals surface area contributed by atoms with Gasteiger partial charge in [0.1, 0.15) is 11.2 Å². The lowest BCUT2D eigenvalue weighted by Gasteiger charge is -2.29. The molecule has 0 saturated heterocycles. The van der Waals surface area contributed by atoms with E-state index in [9.17, 15) is 14.4 Å². The first-order chi connectivity index (χ1) is 11.7. The van der Waals surface area contributed by atoms with Crippen molar-refractivity contribution in [1.29, 1.82) is 0 Å². The number of amides is 2. The van der Waals surface area contributed by atoms with E-state index in [1.807, 2.05) is 6.92 Å².